The van der Waals surface area contributed by atoms with Crippen molar-refractivity contribution in [2.24, 2.45) is 0 Å². The number of likely N-dealkylation sites (N-methyl/N-ethyl adjacent to an activating group) is 1. The van der Waals surface area contributed by atoms with Gasteiger partial charge in [-0.25, -0.2) is 0 Å². The predicted octanol–water partition coefficient (Wildman–Crippen LogP) is 3.59. The van der Waals surface area contributed by atoms with Gasteiger partial charge < -0.3 is 5.11 Å². The number of thioether (sulfide) groups is 1. The maximum atomic E-state index is 12.2. The number of benzene rings is 1. The predicted molar refractivity (Wildman–Crippen MR) is 71.5 cm³/mol. The summed E-state index contributed by atoms with van der Waals surface area (Å²) in [7, 11) is 1.68. The molecule has 0 aliphatic rings. The van der Waals surface area contributed by atoms with Gasteiger partial charge in [0.1, 0.15) is 6.04 Å². The molecule has 0 bridgehead atoms. The minimum Gasteiger partial charge on any atom is -0.480 e. The van der Waals surface area contributed by atoms with E-state index < -0.39 is 17.5 Å². The average Bonchev–Trinajstić information content (AvgIpc) is 2.30. The Kier molecular flexibility index (Phi) is 5.88. The summed E-state index contributed by atoms with van der Waals surface area (Å²) in [4.78, 5) is 12.8. The lowest BCUT2D eigenvalue weighted by Crippen LogP contribution is -2.37. The second kappa shape index (κ2) is 6.99. The molecule has 1 aromatic rings. The first-order valence-electron chi connectivity index (χ1n) is 6.00. The molecule has 0 saturated heterocycles. The Labute approximate surface area is 119 Å². The number of rotatable bonds is 6. The standard InChI is InChI=1S/C13H16F3NO2S/c1-3-11(12(18)19)17(2)8-9-4-6-10(7-5-9)20-13(14,15)16/h4-7,11H,3,8H2,1-2H3,(H,18,19). The van der Waals surface area contributed by atoms with Gasteiger partial charge in [-0.2, -0.15) is 13.2 Å². The molecular formula is C13H16F3NO2S. The van der Waals surface area contributed by atoms with Crippen LogP contribution < -0.4 is 0 Å². The fraction of sp³-hybridized carbons (Fsp3) is 0.462. The van der Waals surface area contributed by atoms with Crippen LogP contribution in [0.25, 0.3) is 0 Å². The molecule has 1 unspecified atom stereocenters. The Morgan fingerprint density at radius 3 is 2.30 bits per heavy atom. The van der Waals surface area contributed by atoms with Crippen LogP contribution in [0.2, 0.25) is 0 Å². The molecule has 20 heavy (non-hydrogen) atoms. The smallest absolute Gasteiger partial charge is 0.446 e. The fourth-order valence-corrected chi connectivity index (χ4v) is 2.41. The number of carboxylic acid groups (broad SMARTS) is 1. The SMILES string of the molecule is CCC(C(=O)O)N(C)Cc1ccc(SC(F)(F)F)cc1. The lowest BCUT2D eigenvalue weighted by atomic mass is 10.1. The van der Waals surface area contributed by atoms with Gasteiger partial charge in [-0.05, 0) is 42.9 Å². The first-order chi connectivity index (χ1) is 9.23. The van der Waals surface area contributed by atoms with Crippen LogP contribution >= 0.6 is 11.8 Å². The van der Waals surface area contributed by atoms with Crippen LogP contribution in [0.1, 0.15) is 18.9 Å². The zero-order valence-corrected chi connectivity index (χ0v) is 12.0. The molecule has 1 N–H and O–H groups in total. The lowest BCUT2D eigenvalue weighted by molar-refractivity contribution is -0.143. The van der Waals surface area contributed by atoms with Crippen molar-refractivity contribution in [2.45, 2.75) is 36.3 Å². The van der Waals surface area contributed by atoms with Gasteiger partial charge in [0.15, 0.2) is 0 Å². The van der Waals surface area contributed by atoms with E-state index in [0.717, 1.165) is 5.56 Å². The Bertz CT molecular complexity index is 448. The minimum absolute atomic E-state index is 0.120. The van der Waals surface area contributed by atoms with E-state index in [0.29, 0.717) is 13.0 Å². The van der Waals surface area contributed by atoms with Gasteiger partial charge in [-0.15, -0.1) is 0 Å². The van der Waals surface area contributed by atoms with Gasteiger partial charge >= 0.3 is 11.5 Å². The van der Waals surface area contributed by atoms with E-state index in [-0.39, 0.29) is 16.7 Å². The molecule has 7 heteroatoms. The van der Waals surface area contributed by atoms with Crippen LogP contribution in [-0.2, 0) is 11.3 Å². The van der Waals surface area contributed by atoms with Crippen molar-refractivity contribution in [1.29, 1.82) is 0 Å². The van der Waals surface area contributed by atoms with Crippen LogP contribution in [0, 0.1) is 0 Å². The quantitative estimate of drug-likeness (QED) is 0.815. The Morgan fingerprint density at radius 1 is 1.35 bits per heavy atom. The van der Waals surface area contributed by atoms with Gasteiger partial charge in [0.05, 0.1) is 0 Å². The van der Waals surface area contributed by atoms with E-state index >= 15 is 0 Å². The molecule has 0 spiro atoms. The summed E-state index contributed by atoms with van der Waals surface area (Å²) in [6, 6.07) is 5.35. The van der Waals surface area contributed by atoms with Gasteiger partial charge in [-0.3, -0.25) is 9.69 Å². The van der Waals surface area contributed by atoms with Crippen LogP contribution in [0.3, 0.4) is 0 Å². The van der Waals surface area contributed by atoms with E-state index in [1.807, 2.05) is 0 Å². The molecule has 112 valence electrons. The largest absolute Gasteiger partial charge is 0.480 e. The van der Waals surface area contributed by atoms with Crippen LogP contribution in [0.15, 0.2) is 29.2 Å². The summed E-state index contributed by atoms with van der Waals surface area (Å²) in [5.41, 5.74) is -3.52. The van der Waals surface area contributed by atoms with Gasteiger partial charge in [0.25, 0.3) is 0 Å². The minimum atomic E-state index is -4.30. The second-order valence-electron chi connectivity index (χ2n) is 4.37. The van der Waals surface area contributed by atoms with Gasteiger partial charge in [-0.1, -0.05) is 19.1 Å². The van der Waals surface area contributed by atoms with Gasteiger partial charge in [0, 0.05) is 11.4 Å². The third-order valence-electron chi connectivity index (χ3n) is 2.79. The van der Waals surface area contributed by atoms with Crippen LogP contribution in [0.5, 0.6) is 0 Å². The summed E-state index contributed by atoms with van der Waals surface area (Å²) in [5.74, 6) is -0.903. The van der Waals surface area contributed by atoms with E-state index in [9.17, 15) is 18.0 Å². The maximum absolute atomic E-state index is 12.2. The Balaban J connectivity index is 2.68. The van der Waals surface area contributed by atoms with Crippen LogP contribution in [-0.4, -0.2) is 34.6 Å². The first-order valence-corrected chi connectivity index (χ1v) is 6.82. The molecule has 0 aliphatic carbocycles. The normalized spacial score (nSPS) is 13.5. The highest BCUT2D eigenvalue weighted by Gasteiger charge is 2.29. The zero-order valence-electron chi connectivity index (χ0n) is 11.1. The van der Waals surface area contributed by atoms with Crippen molar-refractivity contribution in [3.05, 3.63) is 29.8 Å². The molecule has 0 amide bonds. The monoisotopic (exact) mass is 307 g/mol. The number of carbonyl (C=O) groups is 1. The zero-order chi connectivity index (χ0) is 15.3. The maximum Gasteiger partial charge on any atom is 0.446 e. The summed E-state index contributed by atoms with van der Waals surface area (Å²) in [5, 5.41) is 9.02. The fourth-order valence-electron chi connectivity index (χ4n) is 1.87. The first kappa shape index (κ1) is 16.8. The number of carboxylic acids is 1. The number of alkyl halides is 3. The molecule has 0 fully saturated rings. The highest BCUT2D eigenvalue weighted by atomic mass is 32.2. The Morgan fingerprint density at radius 2 is 1.90 bits per heavy atom. The molecule has 0 aliphatic heterocycles. The summed E-state index contributed by atoms with van der Waals surface area (Å²) in [6.45, 7) is 2.15. The molecule has 0 heterocycles. The molecular weight excluding hydrogens is 291 g/mol. The highest BCUT2D eigenvalue weighted by molar-refractivity contribution is 8.00. The van der Waals surface area contributed by atoms with E-state index in [1.54, 1.807) is 31.0 Å². The van der Waals surface area contributed by atoms with Crippen molar-refractivity contribution in [1.82, 2.24) is 4.90 Å². The highest BCUT2D eigenvalue weighted by Crippen LogP contribution is 2.36. The number of aliphatic carboxylic acids is 1. The van der Waals surface area contributed by atoms with Crippen molar-refractivity contribution in [2.75, 3.05) is 7.05 Å². The van der Waals surface area contributed by atoms with E-state index in [1.165, 1.54) is 12.1 Å². The second-order valence-corrected chi connectivity index (χ2v) is 5.51. The lowest BCUT2D eigenvalue weighted by Gasteiger charge is -2.23. The number of nitrogens with zero attached hydrogens (tertiary/aromatic N) is 1. The number of halogens is 3. The third kappa shape index (κ3) is 5.42. The van der Waals surface area contributed by atoms with Crippen molar-refractivity contribution in [3.63, 3.8) is 0 Å². The summed E-state index contributed by atoms with van der Waals surface area (Å²) >= 11 is -0.164. The van der Waals surface area contributed by atoms with Gasteiger partial charge in [0.2, 0.25) is 0 Å². The summed E-state index contributed by atoms with van der Waals surface area (Å²) in [6.07, 6.45) is 0.466. The molecule has 1 atom stereocenters. The molecule has 1 rings (SSSR count). The molecule has 0 saturated carbocycles. The molecule has 0 radical (unpaired) electrons. The van der Waals surface area contributed by atoms with Crippen molar-refractivity contribution in [3.8, 4) is 0 Å². The number of hydrogen-bond donors (Lipinski definition) is 1. The topological polar surface area (TPSA) is 40.5 Å². The average molecular weight is 307 g/mol. The number of hydrogen-bond acceptors (Lipinski definition) is 3. The van der Waals surface area contributed by atoms with Crippen molar-refractivity contribution < 1.29 is 23.1 Å². The molecule has 0 aromatic heterocycles. The van der Waals surface area contributed by atoms with Crippen LogP contribution in [0.4, 0.5) is 13.2 Å². The van der Waals surface area contributed by atoms with E-state index in [4.69, 9.17) is 5.11 Å². The van der Waals surface area contributed by atoms with E-state index in [2.05, 4.69) is 0 Å². The van der Waals surface area contributed by atoms with Crippen molar-refractivity contribution >= 4 is 17.7 Å². The summed E-state index contributed by atoms with van der Waals surface area (Å²) < 4.78 is 36.5. The molecule has 3 nitrogen and oxygen atoms in total. The third-order valence-corrected chi connectivity index (χ3v) is 3.53. The molecule has 1 aromatic carbocycles. The Hall–Kier alpha value is -1.21.